The molecule has 9 aromatic heterocycles. The zero-order valence-electron chi connectivity index (χ0n) is 69.7. The Labute approximate surface area is 610 Å². The minimum atomic E-state index is 0.485. The Morgan fingerprint density at radius 3 is 0.677 bits per heavy atom. The van der Waals surface area contributed by atoms with Crippen molar-refractivity contribution in [3.63, 3.8) is 0 Å². The van der Waals surface area contributed by atoms with Gasteiger partial charge in [0.05, 0.1) is 18.1 Å². The molecule has 0 atom stereocenters. The first kappa shape index (κ1) is 110. The summed E-state index contributed by atoms with van der Waals surface area (Å²) in [4.78, 5) is 43.7. The third-order valence-electron chi connectivity index (χ3n) is 11.4. The van der Waals surface area contributed by atoms with E-state index in [-0.39, 0.29) is 0 Å². The van der Waals surface area contributed by atoms with Gasteiger partial charge in [-0.25, -0.2) is 29.9 Å². The van der Waals surface area contributed by atoms with Crippen LogP contribution in [-0.4, -0.2) is 75.2 Å². The lowest BCUT2D eigenvalue weighted by Crippen LogP contribution is -1.91. The van der Waals surface area contributed by atoms with E-state index in [0.717, 1.165) is 17.1 Å². The van der Waals surface area contributed by atoms with Gasteiger partial charge in [-0.1, -0.05) is 267 Å². The van der Waals surface area contributed by atoms with Gasteiger partial charge >= 0.3 is 0 Å². The third kappa shape index (κ3) is 69.6. The van der Waals surface area contributed by atoms with Crippen LogP contribution in [0.25, 0.3) is 0 Å². The van der Waals surface area contributed by atoms with Crippen molar-refractivity contribution in [3.05, 3.63) is 235 Å². The summed E-state index contributed by atoms with van der Waals surface area (Å²) in [6.07, 6.45) is 35.3. The minimum Gasteiger partial charge on any atom is -0.264 e. The van der Waals surface area contributed by atoms with Crippen molar-refractivity contribution in [1.82, 2.24) is 75.2 Å². The number of rotatable bonds is 9. The van der Waals surface area contributed by atoms with Crippen molar-refractivity contribution in [2.24, 2.45) is 0 Å². The SMILES string of the molecule is CC.CC.CC.CC.CC.CC.CC.CC.CC.CC(C)c1ccccn1.CC(C)c1cccnc1.CC(C)c1cccnc1.CC(C)c1ccncn1.CC(C)c1ccnnc1.CC(C)c1ccnnc1.CC(C)c1cnccn1.CC(C)c1cncnc1.CC(C)c1cncnc1. The molecule has 0 aliphatic carbocycles. The van der Waals surface area contributed by atoms with Gasteiger partial charge in [0.2, 0.25) is 0 Å². The summed E-state index contributed by atoms with van der Waals surface area (Å²) >= 11 is 0. The number of nitrogens with zero attached hydrogens (tertiary/aromatic N) is 15. The second-order valence-electron chi connectivity index (χ2n) is 21.2. The molecule has 0 amide bonds. The van der Waals surface area contributed by atoms with E-state index >= 15 is 0 Å². The fourth-order valence-corrected chi connectivity index (χ4v) is 5.91. The molecule has 0 bridgehead atoms. The van der Waals surface area contributed by atoms with Crippen molar-refractivity contribution in [2.45, 2.75) is 303 Å². The van der Waals surface area contributed by atoms with Gasteiger partial charge in [0.15, 0.2) is 0 Å². The maximum atomic E-state index is 4.18. The lowest BCUT2D eigenvalue weighted by Gasteiger charge is -2.00. The third-order valence-corrected chi connectivity index (χ3v) is 11.4. The first-order chi connectivity index (χ1) is 47.7. The van der Waals surface area contributed by atoms with E-state index in [0.29, 0.717) is 53.3 Å². The topological polar surface area (TPSA) is 193 Å². The molecule has 99 heavy (non-hydrogen) atoms. The Balaban J connectivity index is -0.000000128. The minimum absolute atomic E-state index is 0.485. The van der Waals surface area contributed by atoms with Crippen molar-refractivity contribution in [2.75, 3.05) is 0 Å². The summed E-state index contributed by atoms with van der Waals surface area (Å²) in [5.41, 5.74) is 10.8. The summed E-state index contributed by atoms with van der Waals surface area (Å²) < 4.78 is 0. The van der Waals surface area contributed by atoms with Gasteiger partial charge in [0, 0.05) is 104 Å². The summed E-state index contributed by atoms with van der Waals surface area (Å²) in [5, 5.41) is 14.9. The van der Waals surface area contributed by atoms with Crippen LogP contribution in [0.2, 0.25) is 0 Å². The number of hydrogen-bond acceptors (Lipinski definition) is 15. The van der Waals surface area contributed by atoms with E-state index in [1.807, 2.05) is 217 Å². The summed E-state index contributed by atoms with van der Waals surface area (Å²) in [6, 6.07) is 20.0. The zero-order chi connectivity index (χ0) is 78.2. The standard InChI is InChI=1S/3C8H11N.6C7H10N2.9C2H6/c2*1-7(2)8-4-3-5-9-6-8;1-7(2)8-5-3-4-6-9-8;2*1-6(2)7-3-8-5-9-4-7;1-6(2)7-5-8-3-4-9-7;1-6(2)7-3-4-8-5-9-7;2*1-6(2)7-3-4-8-9-5-7;9*1-2/h3*3-7H,1-2H3;6*3-6H,1-2H3;9*1-2H3. The molecule has 0 radical (unpaired) electrons. The van der Waals surface area contributed by atoms with Crippen molar-refractivity contribution in [3.8, 4) is 0 Å². The molecular weight excluding hydrogens is 1220 g/mol. The van der Waals surface area contributed by atoms with Crippen LogP contribution in [0.5, 0.6) is 0 Å². The largest absolute Gasteiger partial charge is 0.264 e. The van der Waals surface area contributed by atoms with Crippen LogP contribution in [0.1, 0.15) is 353 Å². The van der Waals surface area contributed by atoms with Crippen LogP contribution in [0.3, 0.4) is 0 Å². The van der Waals surface area contributed by atoms with Gasteiger partial charge in [-0.05, 0) is 129 Å². The van der Waals surface area contributed by atoms with Crippen LogP contribution >= 0.6 is 0 Å². The van der Waals surface area contributed by atoms with E-state index in [2.05, 4.69) is 212 Å². The van der Waals surface area contributed by atoms with Crippen molar-refractivity contribution in [1.29, 1.82) is 0 Å². The second-order valence-corrected chi connectivity index (χ2v) is 21.2. The summed E-state index contributed by atoms with van der Waals surface area (Å²) in [6.45, 7) is 74.4. The average molecular weight is 1370 g/mol. The first-order valence-corrected chi connectivity index (χ1v) is 37.0. The van der Waals surface area contributed by atoms with E-state index in [4.69, 9.17) is 0 Å². The lowest BCUT2D eigenvalue weighted by molar-refractivity contribution is 0.812. The predicted octanol–water partition coefficient (Wildman–Crippen LogP) is 25.5. The molecule has 0 spiro atoms. The molecule has 15 nitrogen and oxygen atoms in total. The normalized spacial score (nSPS) is 8.82. The fraction of sp³-hybridized carbons (Fsp3) is 0.536. The Hall–Kier alpha value is -8.07. The van der Waals surface area contributed by atoms with Gasteiger partial charge in [0.25, 0.3) is 0 Å². The lowest BCUT2D eigenvalue weighted by atomic mass is 10.1. The maximum absolute atomic E-state index is 4.18. The molecule has 0 N–H and O–H groups in total. The molecule has 0 fully saturated rings. The van der Waals surface area contributed by atoms with Crippen molar-refractivity contribution >= 4 is 0 Å². The molecule has 9 aromatic rings. The highest BCUT2D eigenvalue weighted by Crippen LogP contribution is 2.15. The van der Waals surface area contributed by atoms with Crippen LogP contribution in [0.4, 0.5) is 0 Å². The molecule has 15 heteroatoms. The van der Waals surface area contributed by atoms with Crippen molar-refractivity contribution < 1.29 is 0 Å². The molecule has 0 aromatic carbocycles. The molecule has 0 saturated heterocycles. The summed E-state index contributed by atoms with van der Waals surface area (Å²) in [5.74, 6) is 4.91. The average Bonchev–Trinajstić information content (AvgIpc) is 3.85. The van der Waals surface area contributed by atoms with Gasteiger partial charge < -0.3 is 0 Å². The Kier molecular flexibility index (Phi) is 95.2. The Morgan fingerprint density at radius 1 is 0.182 bits per heavy atom. The number of pyridine rings is 3. The van der Waals surface area contributed by atoms with Gasteiger partial charge in [-0.2, -0.15) is 20.4 Å². The van der Waals surface area contributed by atoms with Crippen LogP contribution in [0, 0.1) is 0 Å². The molecule has 0 aliphatic rings. The number of aromatic nitrogens is 15. The zero-order valence-corrected chi connectivity index (χ0v) is 69.7. The van der Waals surface area contributed by atoms with Gasteiger partial charge in [-0.15, -0.1) is 0 Å². The Bertz CT molecular complexity index is 2150. The van der Waals surface area contributed by atoms with Crippen LogP contribution in [0.15, 0.2) is 185 Å². The smallest absolute Gasteiger partial charge is 0.115 e. The van der Waals surface area contributed by atoms with E-state index < -0.39 is 0 Å². The van der Waals surface area contributed by atoms with E-state index in [1.165, 1.54) is 33.4 Å². The summed E-state index contributed by atoms with van der Waals surface area (Å²) in [7, 11) is 0. The molecule has 9 rings (SSSR count). The molecular formula is C84H147N15. The molecule has 0 aliphatic heterocycles. The highest BCUT2D eigenvalue weighted by atomic mass is 15.1. The second kappa shape index (κ2) is 86.0. The molecule has 558 valence electrons. The predicted molar refractivity (Wildman–Crippen MR) is 434 cm³/mol. The molecule has 9 heterocycles. The van der Waals surface area contributed by atoms with Gasteiger partial charge in [-0.3, -0.25) is 24.9 Å². The van der Waals surface area contributed by atoms with E-state index in [9.17, 15) is 0 Å². The fourth-order valence-electron chi connectivity index (χ4n) is 5.91. The monoisotopic (exact) mass is 1370 g/mol. The van der Waals surface area contributed by atoms with Gasteiger partial charge in [0.1, 0.15) is 19.0 Å². The molecule has 0 saturated carbocycles. The maximum Gasteiger partial charge on any atom is 0.115 e. The quantitative estimate of drug-likeness (QED) is 0.132. The van der Waals surface area contributed by atoms with Crippen LogP contribution in [-0.2, 0) is 0 Å². The first-order valence-electron chi connectivity index (χ1n) is 37.0. The Morgan fingerprint density at radius 2 is 0.495 bits per heavy atom. The molecule has 0 unspecified atom stereocenters. The van der Waals surface area contributed by atoms with Crippen LogP contribution < -0.4 is 0 Å². The van der Waals surface area contributed by atoms with E-state index in [1.54, 1.807) is 81.0 Å². The number of hydrogen-bond donors (Lipinski definition) is 0. The highest BCUT2D eigenvalue weighted by molar-refractivity contribution is 5.14. The highest BCUT2D eigenvalue weighted by Gasteiger charge is 2.01.